The van der Waals surface area contributed by atoms with Crippen molar-refractivity contribution in [2.75, 3.05) is 11.1 Å². The van der Waals surface area contributed by atoms with E-state index in [1.165, 1.54) is 4.90 Å². The van der Waals surface area contributed by atoms with E-state index in [-0.39, 0.29) is 17.3 Å². The molecule has 2 amide bonds. The molecule has 0 saturated heterocycles. The van der Waals surface area contributed by atoms with Gasteiger partial charge in [-0.1, -0.05) is 37.7 Å². The normalized spacial score (nSPS) is 17.3. The van der Waals surface area contributed by atoms with Crippen LogP contribution >= 0.6 is 11.8 Å². The van der Waals surface area contributed by atoms with Crippen LogP contribution in [0.4, 0.5) is 20.2 Å². The number of amidine groups is 2. The number of para-hydroxylation sites is 1. The van der Waals surface area contributed by atoms with Gasteiger partial charge in [0.2, 0.25) is 5.91 Å². The average molecular weight is 442 g/mol. The Kier molecular flexibility index (Phi) is 5.86. The van der Waals surface area contributed by atoms with Gasteiger partial charge in [0.25, 0.3) is 5.91 Å². The number of nitrogens with one attached hydrogen (secondary N) is 1. The number of fused-ring (bicyclic) bond motifs is 3. The summed E-state index contributed by atoms with van der Waals surface area (Å²) < 4.78 is 26.8. The molecule has 2 aromatic carbocycles. The van der Waals surface area contributed by atoms with Gasteiger partial charge in [0, 0.05) is 11.6 Å². The molecule has 0 radical (unpaired) electrons. The summed E-state index contributed by atoms with van der Waals surface area (Å²) in [6.07, 6.45) is 0.614. The van der Waals surface area contributed by atoms with Crippen molar-refractivity contribution in [2.24, 2.45) is 15.9 Å². The predicted molar refractivity (Wildman–Crippen MR) is 118 cm³/mol. The lowest BCUT2D eigenvalue weighted by atomic mass is 10.0. The number of carbonyl (C=O) groups is 2. The zero-order chi connectivity index (χ0) is 22.1. The van der Waals surface area contributed by atoms with E-state index in [0.29, 0.717) is 35.1 Å². The van der Waals surface area contributed by atoms with Gasteiger partial charge in [0.05, 0.1) is 17.1 Å². The fourth-order valence-electron chi connectivity index (χ4n) is 3.41. The number of amides is 2. The fraction of sp³-hybridized carbons (Fsp3) is 0.273. The molecule has 0 aromatic heterocycles. The van der Waals surface area contributed by atoms with Crippen molar-refractivity contribution in [3.8, 4) is 0 Å². The Morgan fingerprint density at radius 1 is 1.23 bits per heavy atom. The molecule has 0 aliphatic carbocycles. The molecule has 0 bridgehead atoms. The first-order valence-electron chi connectivity index (χ1n) is 9.81. The van der Waals surface area contributed by atoms with Crippen LogP contribution in [-0.2, 0) is 9.59 Å². The second kappa shape index (κ2) is 8.58. The third-order valence-corrected chi connectivity index (χ3v) is 5.72. The molecule has 0 saturated carbocycles. The van der Waals surface area contributed by atoms with E-state index in [2.05, 4.69) is 15.3 Å². The first-order valence-corrected chi connectivity index (χ1v) is 10.8. The van der Waals surface area contributed by atoms with Gasteiger partial charge in [-0.05, 0) is 36.6 Å². The number of aliphatic imine (C=N–C) groups is 2. The smallest absolute Gasteiger partial charge is 0.259 e. The third-order valence-electron chi connectivity index (χ3n) is 4.78. The first kappa shape index (κ1) is 21.2. The Hall–Kier alpha value is -3.07. The molecule has 0 spiro atoms. The van der Waals surface area contributed by atoms with E-state index >= 15 is 0 Å². The molecule has 0 unspecified atom stereocenters. The minimum Gasteiger partial charge on any atom is -0.323 e. The Morgan fingerprint density at radius 2 is 2.00 bits per heavy atom. The Morgan fingerprint density at radius 3 is 2.74 bits per heavy atom. The van der Waals surface area contributed by atoms with Crippen molar-refractivity contribution in [1.82, 2.24) is 4.90 Å². The molecular weight excluding hydrogens is 422 g/mol. The highest BCUT2D eigenvalue weighted by molar-refractivity contribution is 8.14. The summed E-state index contributed by atoms with van der Waals surface area (Å²) in [6.45, 7) is 4.06. The van der Waals surface area contributed by atoms with Crippen molar-refractivity contribution < 1.29 is 18.4 Å². The van der Waals surface area contributed by atoms with Crippen LogP contribution in [0.15, 0.2) is 52.4 Å². The number of anilines is 1. The van der Waals surface area contributed by atoms with Crippen molar-refractivity contribution >= 4 is 46.0 Å². The summed E-state index contributed by atoms with van der Waals surface area (Å²) in [7, 11) is 0. The molecule has 160 valence electrons. The zero-order valence-electron chi connectivity index (χ0n) is 16.9. The van der Waals surface area contributed by atoms with Crippen molar-refractivity contribution in [3.05, 3.63) is 59.7 Å². The maximum absolute atomic E-state index is 13.8. The fourth-order valence-corrected chi connectivity index (χ4v) is 4.21. The molecule has 6 nitrogen and oxygen atoms in total. The number of benzene rings is 2. The second-order valence-electron chi connectivity index (χ2n) is 7.64. The van der Waals surface area contributed by atoms with E-state index in [0.717, 1.165) is 29.5 Å². The summed E-state index contributed by atoms with van der Waals surface area (Å²) in [6, 6.07) is 9.82. The van der Waals surface area contributed by atoms with E-state index in [9.17, 15) is 18.4 Å². The molecule has 1 atom stereocenters. The highest BCUT2D eigenvalue weighted by Gasteiger charge is 2.41. The summed E-state index contributed by atoms with van der Waals surface area (Å²) in [4.78, 5) is 36.1. The third kappa shape index (κ3) is 4.36. The second-order valence-corrected chi connectivity index (χ2v) is 8.59. The number of nitrogens with zero attached hydrogens (tertiary/aromatic N) is 3. The molecule has 2 heterocycles. The Bertz CT molecular complexity index is 1120. The average Bonchev–Trinajstić information content (AvgIpc) is 3.04. The van der Waals surface area contributed by atoms with E-state index in [1.807, 2.05) is 38.1 Å². The SMILES string of the molecule is CC(C)C[C@@H]1N=C2c3ccccc3N=C(SCC(=O)Nc3ccc(F)cc3F)N2C1=O. The number of halogens is 2. The maximum Gasteiger partial charge on any atom is 0.259 e. The maximum atomic E-state index is 13.8. The van der Waals surface area contributed by atoms with Gasteiger partial charge < -0.3 is 5.32 Å². The Balaban J connectivity index is 1.54. The molecule has 1 N–H and O–H groups in total. The summed E-state index contributed by atoms with van der Waals surface area (Å²) in [5.74, 6) is -1.54. The van der Waals surface area contributed by atoms with E-state index in [1.54, 1.807) is 0 Å². The van der Waals surface area contributed by atoms with E-state index < -0.39 is 23.6 Å². The highest BCUT2D eigenvalue weighted by atomic mass is 32.2. The van der Waals surface area contributed by atoms with Gasteiger partial charge in [-0.15, -0.1) is 0 Å². The standard InChI is InChI=1S/C22H20F2N4O2S/c1-12(2)9-18-21(30)28-20(26-18)14-5-3-4-6-16(14)27-22(28)31-11-19(29)25-17-8-7-13(23)10-15(17)24/h3-8,10,12,18H,9,11H2,1-2H3,(H,25,29)/t18-/m0/s1. The van der Waals surface area contributed by atoms with Gasteiger partial charge in [0.15, 0.2) is 5.17 Å². The van der Waals surface area contributed by atoms with Gasteiger partial charge in [-0.2, -0.15) is 0 Å². The van der Waals surface area contributed by atoms with Gasteiger partial charge in [0.1, 0.15) is 23.5 Å². The van der Waals surface area contributed by atoms with Crippen LogP contribution in [-0.4, -0.2) is 39.5 Å². The van der Waals surface area contributed by atoms with Gasteiger partial charge >= 0.3 is 0 Å². The summed E-state index contributed by atoms with van der Waals surface area (Å²) >= 11 is 1.06. The Labute approximate surface area is 182 Å². The number of hydrogen-bond acceptors (Lipinski definition) is 5. The lowest BCUT2D eigenvalue weighted by Crippen LogP contribution is -2.41. The minimum atomic E-state index is -0.858. The van der Waals surface area contributed by atoms with Gasteiger partial charge in [-0.25, -0.2) is 18.7 Å². The van der Waals surface area contributed by atoms with Crippen LogP contribution in [0.5, 0.6) is 0 Å². The van der Waals surface area contributed by atoms with Crippen LogP contribution in [0.25, 0.3) is 0 Å². The molecule has 31 heavy (non-hydrogen) atoms. The van der Waals surface area contributed by atoms with Gasteiger partial charge in [-0.3, -0.25) is 14.6 Å². The lowest BCUT2D eigenvalue weighted by molar-refractivity contribution is -0.125. The lowest BCUT2D eigenvalue weighted by Gasteiger charge is -2.25. The number of rotatable bonds is 5. The topological polar surface area (TPSA) is 74.1 Å². The number of thioether (sulfide) groups is 1. The molecule has 2 aliphatic heterocycles. The quantitative estimate of drug-likeness (QED) is 0.749. The van der Waals surface area contributed by atoms with Crippen LogP contribution in [0, 0.1) is 17.6 Å². The predicted octanol–water partition coefficient (Wildman–Crippen LogP) is 4.34. The molecule has 2 aromatic rings. The van der Waals surface area contributed by atoms with Crippen LogP contribution in [0.1, 0.15) is 25.8 Å². The van der Waals surface area contributed by atoms with Crippen LogP contribution in [0.3, 0.4) is 0 Å². The summed E-state index contributed by atoms with van der Waals surface area (Å²) in [5.41, 5.74) is 1.33. The zero-order valence-corrected chi connectivity index (χ0v) is 17.7. The minimum absolute atomic E-state index is 0.107. The number of carbonyl (C=O) groups excluding carboxylic acids is 2. The van der Waals surface area contributed by atoms with Crippen molar-refractivity contribution in [1.29, 1.82) is 0 Å². The van der Waals surface area contributed by atoms with Crippen molar-refractivity contribution in [3.63, 3.8) is 0 Å². The molecule has 4 rings (SSSR count). The molecule has 9 heteroatoms. The van der Waals surface area contributed by atoms with Crippen LogP contribution in [0.2, 0.25) is 0 Å². The molecule has 0 fully saturated rings. The van der Waals surface area contributed by atoms with Crippen LogP contribution < -0.4 is 5.32 Å². The van der Waals surface area contributed by atoms with Crippen molar-refractivity contribution in [2.45, 2.75) is 26.3 Å². The molecular formula is C22H20F2N4O2S. The monoisotopic (exact) mass is 442 g/mol. The van der Waals surface area contributed by atoms with E-state index in [4.69, 9.17) is 0 Å². The highest BCUT2D eigenvalue weighted by Crippen LogP contribution is 2.34. The number of hydrogen-bond donors (Lipinski definition) is 1. The summed E-state index contributed by atoms with van der Waals surface area (Å²) in [5, 5.41) is 2.76. The largest absolute Gasteiger partial charge is 0.323 e. The first-order chi connectivity index (χ1) is 14.8. The molecule has 2 aliphatic rings.